The number of nitrogens with one attached hydrogen (secondary N) is 2. The lowest BCUT2D eigenvalue weighted by atomic mass is 9.96. The largest absolute Gasteiger partial charge is 0.444 e. The lowest BCUT2D eigenvalue weighted by Crippen LogP contribution is -2.43. The Labute approximate surface area is 162 Å². The van der Waals surface area contributed by atoms with Gasteiger partial charge in [0.05, 0.1) is 6.54 Å². The van der Waals surface area contributed by atoms with Crippen LogP contribution < -0.4 is 10.6 Å². The summed E-state index contributed by atoms with van der Waals surface area (Å²) in [5.41, 5.74) is 0.501. The van der Waals surface area contributed by atoms with Crippen LogP contribution in [0.15, 0.2) is 11.6 Å². The number of ether oxygens (including phenoxy) is 1. The third kappa shape index (κ3) is 9.45. The minimum atomic E-state index is -0.603. The average Bonchev–Trinajstić information content (AvgIpc) is 2.56. The molecule has 27 heavy (non-hydrogen) atoms. The van der Waals surface area contributed by atoms with Gasteiger partial charge in [0.25, 0.3) is 0 Å². The Kier molecular flexibility index (Phi) is 8.79. The average molecular weight is 382 g/mol. The summed E-state index contributed by atoms with van der Waals surface area (Å²) in [5, 5.41) is 5.28. The molecule has 1 rings (SSSR count). The van der Waals surface area contributed by atoms with Crippen molar-refractivity contribution in [3.63, 3.8) is 0 Å². The molecule has 1 aliphatic heterocycles. The van der Waals surface area contributed by atoms with Crippen molar-refractivity contribution >= 4 is 17.9 Å². The summed E-state index contributed by atoms with van der Waals surface area (Å²) in [7, 11) is 0. The predicted octanol–water partition coefficient (Wildman–Crippen LogP) is 2.47. The third-order valence-electron chi connectivity index (χ3n) is 4.57. The quantitative estimate of drug-likeness (QED) is 0.692. The predicted molar refractivity (Wildman–Crippen MR) is 105 cm³/mol. The summed E-state index contributed by atoms with van der Waals surface area (Å²) < 4.78 is 5.09. The second-order valence-electron chi connectivity index (χ2n) is 8.47. The van der Waals surface area contributed by atoms with Crippen LogP contribution in [0.1, 0.15) is 54.4 Å². The molecule has 2 N–H and O–H groups in total. The van der Waals surface area contributed by atoms with E-state index >= 15 is 0 Å². The SMILES string of the molecule is C/C(=C\C(=O)N1CCC(CNC(=O)CNC(=O)OC(C)(C)C)CC1)C(C)C. The van der Waals surface area contributed by atoms with Crippen LogP contribution >= 0.6 is 0 Å². The smallest absolute Gasteiger partial charge is 0.408 e. The number of nitrogens with zero attached hydrogens (tertiary/aromatic N) is 1. The zero-order valence-electron chi connectivity index (χ0n) is 17.6. The number of likely N-dealkylation sites (tertiary alicyclic amines) is 1. The van der Waals surface area contributed by atoms with E-state index in [1.54, 1.807) is 26.8 Å². The van der Waals surface area contributed by atoms with Gasteiger partial charge in [0, 0.05) is 25.7 Å². The molecule has 0 aromatic carbocycles. The van der Waals surface area contributed by atoms with Crippen molar-refractivity contribution < 1.29 is 19.1 Å². The molecule has 0 atom stereocenters. The van der Waals surface area contributed by atoms with E-state index in [-0.39, 0.29) is 18.4 Å². The summed E-state index contributed by atoms with van der Waals surface area (Å²) in [6, 6.07) is 0. The van der Waals surface area contributed by atoms with E-state index in [1.165, 1.54) is 0 Å². The van der Waals surface area contributed by atoms with Crippen molar-refractivity contribution in [2.24, 2.45) is 11.8 Å². The highest BCUT2D eigenvalue weighted by atomic mass is 16.6. The van der Waals surface area contributed by atoms with Crippen LogP contribution in [-0.2, 0) is 14.3 Å². The van der Waals surface area contributed by atoms with Crippen LogP contribution in [0.5, 0.6) is 0 Å². The van der Waals surface area contributed by atoms with Gasteiger partial charge in [-0.2, -0.15) is 0 Å². The van der Waals surface area contributed by atoms with E-state index in [0.717, 1.165) is 18.4 Å². The fourth-order valence-electron chi connectivity index (χ4n) is 2.60. The lowest BCUT2D eigenvalue weighted by Gasteiger charge is -2.31. The van der Waals surface area contributed by atoms with Crippen molar-refractivity contribution in [2.75, 3.05) is 26.2 Å². The third-order valence-corrected chi connectivity index (χ3v) is 4.57. The molecule has 154 valence electrons. The van der Waals surface area contributed by atoms with Crippen LogP contribution in [-0.4, -0.2) is 54.6 Å². The first-order valence-corrected chi connectivity index (χ1v) is 9.68. The highest BCUT2D eigenvalue weighted by Crippen LogP contribution is 2.18. The fourth-order valence-corrected chi connectivity index (χ4v) is 2.60. The van der Waals surface area contributed by atoms with Gasteiger partial charge in [-0.3, -0.25) is 9.59 Å². The van der Waals surface area contributed by atoms with Gasteiger partial charge in [-0.1, -0.05) is 19.4 Å². The number of rotatable bonds is 6. The van der Waals surface area contributed by atoms with Gasteiger partial charge < -0.3 is 20.3 Å². The van der Waals surface area contributed by atoms with Crippen LogP contribution in [0.2, 0.25) is 0 Å². The van der Waals surface area contributed by atoms with Gasteiger partial charge in [0.1, 0.15) is 5.60 Å². The molecule has 1 saturated heterocycles. The van der Waals surface area contributed by atoms with Gasteiger partial charge in [-0.25, -0.2) is 4.79 Å². The number of carbonyl (C=O) groups is 3. The second kappa shape index (κ2) is 10.3. The molecular weight excluding hydrogens is 346 g/mol. The van der Waals surface area contributed by atoms with Crippen molar-refractivity contribution in [1.82, 2.24) is 15.5 Å². The first-order valence-electron chi connectivity index (χ1n) is 9.68. The molecule has 0 spiro atoms. The maximum Gasteiger partial charge on any atom is 0.408 e. The molecule has 0 bridgehead atoms. The summed E-state index contributed by atoms with van der Waals surface area (Å²) in [6.07, 6.45) is 2.85. The minimum absolute atomic E-state index is 0.0743. The Morgan fingerprint density at radius 1 is 1.15 bits per heavy atom. The number of allylic oxidation sites excluding steroid dienone is 1. The van der Waals surface area contributed by atoms with E-state index in [9.17, 15) is 14.4 Å². The second-order valence-corrected chi connectivity index (χ2v) is 8.47. The number of alkyl carbamates (subject to hydrolysis) is 1. The number of hydrogen-bond acceptors (Lipinski definition) is 4. The first-order chi connectivity index (χ1) is 12.5. The summed E-state index contributed by atoms with van der Waals surface area (Å²) in [6.45, 7) is 13.3. The lowest BCUT2D eigenvalue weighted by molar-refractivity contribution is -0.127. The van der Waals surface area contributed by atoms with Gasteiger partial charge >= 0.3 is 6.09 Å². The van der Waals surface area contributed by atoms with E-state index in [1.807, 2.05) is 11.8 Å². The highest BCUT2D eigenvalue weighted by molar-refractivity contribution is 5.88. The van der Waals surface area contributed by atoms with Crippen molar-refractivity contribution in [3.05, 3.63) is 11.6 Å². The Hall–Kier alpha value is -2.05. The number of hydrogen-bond donors (Lipinski definition) is 2. The van der Waals surface area contributed by atoms with E-state index in [0.29, 0.717) is 31.5 Å². The Bertz CT molecular complexity index is 556. The van der Waals surface area contributed by atoms with Crippen LogP contribution in [0.4, 0.5) is 4.79 Å². The Morgan fingerprint density at radius 2 is 1.74 bits per heavy atom. The molecule has 0 saturated carbocycles. The van der Waals surface area contributed by atoms with E-state index < -0.39 is 11.7 Å². The highest BCUT2D eigenvalue weighted by Gasteiger charge is 2.22. The maximum atomic E-state index is 12.3. The Balaban J connectivity index is 2.27. The van der Waals surface area contributed by atoms with Gasteiger partial charge in [-0.15, -0.1) is 0 Å². The molecule has 0 unspecified atom stereocenters. The van der Waals surface area contributed by atoms with Gasteiger partial charge in [-0.05, 0) is 52.4 Å². The maximum absolute atomic E-state index is 12.3. The number of carbonyl (C=O) groups excluding carboxylic acids is 3. The number of piperidine rings is 1. The normalized spacial score (nSPS) is 16.3. The first kappa shape index (κ1) is 23.0. The van der Waals surface area contributed by atoms with Crippen molar-refractivity contribution in [3.8, 4) is 0 Å². The van der Waals surface area contributed by atoms with E-state index in [2.05, 4.69) is 24.5 Å². The fraction of sp³-hybridized carbons (Fsp3) is 0.750. The molecule has 1 fully saturated rings. The van der Waals surface area contributed by atoms with Crippen LogP contribution in [0, 0.1) is 11.8 Å². The van der Waals surface area contributed by atoms with Crippen LogP contribution in [0.3, 0.4) is 0 Å². The molecule has 7 heteroatoms. The van der Waals surface area contributed by atoms with Crippen molar-refractivity contribution in [2.45, 2.75) is 60.0 Å². The topological polar surface area (TPSA) is 87.7 Å². The molecule has 3 amide bonds. The molecule has 7 nitrogen and oxygen atoms in total. The zero-order chi connectivity index (χ0) is 20.6. The molecule has 0 radical (unpaired) electrons. The summed E-state index contributed by atoms with van der Waals surface area (Å²) in [4.78, 5) is 37.5. The molecule has 0 aliphatic carbocycles. The zero-order valence-corrected chi connectivity index (χ0v) is 17.6. The van der Waals surface area contributed by atoms with E-state index in [4.69, 9.17) is 4.74 Å². The number of amides is 3. The summed E-state index contributed by atoms with van der Waals surface area (Å²) in [5.74, 6) is 0.547. The molecule has 0 aromatic heterocycles. The molecule has 0 aromatic rings. The monoisotopic (exact) mass is 381 g/mol. The minimum Gasteiger partial charge on any atom is -0.444 e. The van der Waals surface area contributed by atoms with Gasteiger partial charge in [0.15, 0.2) is 0 Å². The standard InChI is InChI=1S/C20H35N3O4/c1-14(2)15(3)11-18(25)23-9-7-16(8-10-23)12-21-17(24)13-22-19(26)27-20(4,5)6/h11,14,16H,7-10,12-13H2,1-6H3,(H,21,24)(H,22,26)/b15-11+. The molecule has 1 heterocycles. The molecule has 1 aliphatic rings. The van der Waals surface area contributed by atoms with Crippen molar-refractivity contribution in [1.29, 1.82) is 0 Å². The van der Waals surface area contributed by atoms with Gasteiger partial charge in [0.2, 0.25) is 11.8 Å². The molecular formula is C20H35N3O4. The Morgan fingerprint density at radius 3 is 2.26 bits per heavy atom. The van der Waals surface area contributed by atoms with Crippen LogP contribution in [0.25, 0.3) is 0 Å². The summed E-state index contributed by atoms with van der Waals surface area (Å²) >= 11 is 0.